The molecule has 24 heavy (non-hydrogen) atoms. The van der Waals surface area contributed by atoms with Gasteiger partial charge in [0.2, 0.25) is 5.89 Å². The fourth-order valence-corrected chi connectivity index (χ4v) is 3.03. The van der Waals surface area contributed by atoms with Gasteiger partial charge in [0.15, 0.2) is 5.82 Å². The van der Waals surface area contributed by atoms with E-state index >= 15 is 0 Å². The number of hydrogen-bond acceptors (Lipinski definition) is 7. The lowest BCUT2D eigenvalue weighted by Crippen LogP contribution is -2.36. The van der Waals surface area contributed by atoms with E-state index in [1.807, 2.05) is 6.07 Å². The van der Waals surface area contributed by atoms with Crippen molar-refractivity contribution in [3.8, 4) is 0 Å². The van der Waals surface area contributed by atoms with E-state index in [0.717, 1.165) is 44.0 Å². The van der Waals surface area contributed by atoms with Crippen molar-refractivity contribution in [3.05, 3.63) is 35.6 Å². The summed E-state index contributed by atoms with van der Waals surface area (Å²) >= 11 is 0. The summed E-state index contributed by atoms with van der Waals surface area (Å²) in [4.78, 5) is 22.7. The summed E-state index contributed by atoms with van der Waals surface area (Å²) in [7, 11) is 0. The monoisotopic (exact) mass is 330 g/mol. The summed E-state index contributed by atoms with van der Waals surface area (Å²) in [5, 5.41) is 3.98. The minimum atomic E-state index is -0.333. The van der Waals surface area contributed by atoms with Crippen LogP contribution in [0.15, 0.2) is 22.9 Å². The van der Waals surface area contributed by atoms with Crippen molar-refractivity contribution in [2.24, 2.45) is 5.92 Å². The predicted octanol–water partition coefficient (Wildman–Crippen LogP) is 2.41. The third kappa shape index (κ3) is 3.90. The Morgan fingerprint density at radius 2 is 2.33 bits per heavy atom. The van der Waals surface area contributed by atoms with Gasteiger partial charge in [0.1, 0.15) is 5.82 Å². The first-order valence-electron chi connectivity index (χ1n) is 8.33. The Morgan fingerprint density at radius 3 is 3.00 bits per heavy atom. The number of rotatable bonds is 5. The SMILES string of the molecule is CCOC(=O)c1ccc(N2CCCC(Cc3noc(C)n3)C2)nc1. The van der Waals surface area contributed by atoms with Gasteiger partial charge in [-0.25, -0.2) is 9.78 Å². The van der Waals surface area contributed by atoms with E-state index < -0.39 is 0 Å². The molecule has 0 amide bonds. The standard InChI is InChI=1S/C17H22N4O3/c1-3-23-17(22)14-6-7-16(18-10-14)21-8-4-5-13(11-21)9-15-19-12(2)24-20-15/h6-7,10,13H,3-5,8-9,11H2,1-2H3. The summed E-state index contributed by atoms with van der Waals surface area (Å²) in [5.41, 5.74) is 0.483. The lowest BCUT2D eigenvalue weighted by Gasteiger charge is -2.33. The molecule has 3 heterocycles. The van der Waals surface area contributed by atoms with E-state index in [-0.39, 0.29) is 5.97 Å². The zero-order valence-electron chi connectivity index (χ0n) is 14.1. The molecule has 0 aromatic carbocycles. The number of aromatic nitrogens is 3. The number of pyridine rings is 1. The molecule has 0 aliphatic carbocycles. The van der Waals surface area contributed by atoms with Crippen molar-refractivity contribution in [1.82, 2.24) is 15.1 Å². The molecule has 1 atom stereocenters. The van der Waals surface area contributed by atoms with Crippen molar-refractivity contribution in [2.45, 2.75) is 33.1 Å². The largest absolute Gasteiger partial charge is 0.462 e. The van der Waals surface area contributed by atoms with E-state index in [4.69, 9.17) is 9.26 Å². The molecule has 0 spiro atoms. The van der Waals surface area contributed by atoms with Gasteiger partial charge in [0, 0.05) is 32.6 Å². The van der Waals surface area contributed by atoms with Crippen LogP contribution in [0.4, 0.5) is 5.82 Å². The number of piperidine rings is 1. The molecule has 1 fully saturated rings. The number of esters is 1. The van der Waals surface area contributed by atoms with Gasteiger partial charge in [-0.3, -0.25) is 0 Å². The molecule has 0 bridgehead atoms. The predicted molar refractivity (Wildman–Crippen MR) is 87.9 cm³/mol. The smallest absolute Gasteiger partial charge is 0.339 e. The van der Waals surface area contributed by atoms with Crippen LogP contribution in [0.3, 0.4) is 0 Å². The maximum Gasteiger partial charge on any atom is 0.339 e. The quantitative estimate of drug-likeness (QED) is 0.779. The highest BCUT2D eigenvalue weighted by Crippen LogP contribution is 2.24. The molecule has 1 saturated heterocycles. The Labute approximate surface area is 141 Å². The molecule has 1 aliphatic heterocycles. The first-order chi connectivity index (χ1) is 11.7. The summed E-state index contributed by atoms with van der Waals surface area (Å²) in [6.45, 7) is 5.83. The molecule has 1 aliphatic rings. The normalized spacial score (nSPS) is 17.8. The van der Waals surface area contributed by atoms with Gasteiger partial charge in [0.25, 0.3) is 0 Å². The molecule has 3 rings (SSSR count). The molecule has 7 heteroatoms. The molecule has 0 N–H and O–H groups in total. The van der Waals surface area contributed by atoms with Crippen LogP contribution in [0, 0.1) is 12.8 Å². The lowest BCUT2D eigenvalue weighted by molar-refractivity contribution is 0.0526. The van der Waals surface area contributed by atoms with Gasteiger partial charge in [-0.05, 0) is 37.8 Å². The van der Waals surface area contributed by atoms with E-state index in [0.29, 0.717) is 24.0 Å². The number of aryl methyl sites for hydroxylation is 1. The average Bonchev–Trinajstić information content (AvgIpc) is 3.00. The van der Waals surface area contributed by atoms with Crippen molar-refractivity contribution in [2.75, 3.05) is 24.6 Å². The van der Waals surface area contributed by atoms with Gasteiger partial charge in [-0.1, -0.05) is 5.16 Å². The highest BCUT2D eigenvalue weighted by atomic mass is 16.5. The van der Waals surface area contributed by atoms with Crippen LogP contribution < -0.4 is 4.90 Å². The van der Waals surface area contributed by atoms with Gasteiger partial charge >= 0.3 is 5.97 Å². The summed E-state index contributed by atoms with van der Waals surface area (Å²) in [5.74, 6) is 2.40. The number of carbonyl (C=O) groups is 1. The molecule has 0 saturated carbocycles. The van der Waals surface area contributed by atoms with Crippen LogP contribution in [0.25, 0.3) is 0 Å². The maximum atomic E-state index is 11.7. The topological polar surface area (TPSA) is 81.4 Å². The number of nitrogens with zero attached hydrogens (tertiary/aromatic N) is 4. The Balaban J connectivity index is 1.62. The molecular weight excluding hydrogens is 308 g/mol. The van der Waals surface area contributed by atoms with Crippen LogP contribution >= 0.6 is 0 Å². The minimum absolute atomic E-state index is 0.333. The van der Waals surface area contributed by atoms with E-state index in [1.165, 1.54) is 0 Å². The molecule has 2 aromatic rings. The van der Waals surface area contributed by atoms with Crippen molar-refractivity contribution >= 4 is 11.8 Å². The van der Waals surface area contributed by atoms with Crippen LogP contribution in [0.5, 0.6) is 0 Å². The highest BCUT2D eigenvalue weighted by Gasteiger charge is 2.23. The zero-order chi connectivity index (χ0) is 16.9. The number of anilines is 1. The lowest BCUT2D eigenvalue weighted by atomic mass is 9.94. The summed E-state index contributed by atoms with van der Waals surface area (Å²) < 4.78 is 10.0. The zero-order valence-corrected chi connectivity index (χ0v) is 14.1. The van der Waals surface area contributed by atoms with E-state index in [9.17, 15) is 4.79 Å². The Morgan fingerprint density at radius 1 is 1.46 bits per heavy atom. The molecule has 2 aromatic heterocycles. The molecule has 7 nitrogen and oxygen atoms in total. The van der Waals surface area contributed by atoms with Crippen LogP contribution in [0.1, 0.15) is 41.8 Å². The van der Waals surface area contributed by atoms with Gasteiger partial charge in [-0.15, -0.1) is 0 Å². The summed E-state index contributed by atoms with van der Waals surface area (Å²) in [6, 6.07) is 3.65. The minimum Gasteiger partial charge on any atom is -0.462 e. The first kappa shape index (κ1) is 16.4. The first-order valence-corrected chi connectivity index (χ1v) is 8.33. The second-order valence-corrected chi connectivity index (χ2v) is 6.01. The Bertz CT molecular complexity index is 683. The second kappa shape index (κ2) is 7.42. The molecule has 0 radical (unpaired) electrons. The Kier molecular flexibility index (Phi) is 5.08. The molecule has 1 unspecified atom stereocenters. The average molecular weight is 330 g/mol. The van der Waals surface area contributed by atoms with Crippen molar-refractivity contribution in [3.63, 3.8) is 0 Å². The van der Waals surface area contributed by atoms with Gasteiger partial charge < -0.3 is 14.2 Å². The number of ether oxygens (including phenoxy) is 1. The fraction of sp³-hybridized carbons (Fsp3) is 0.529. The van der Waals surface area contributed by atoms with Crippen molar-refractivity contribution < 1.29 is 14.1 Å². The van der Waals surface area contributed by atoms with Crippen molar-refractivity contribution in [1.29, 1.82) is 0 Å². The second-order valence-electron chi connectivity index (χ2n) is 6.01. The highest BCUT2D eigenvalue weighted by molar-refractivity contribution is 5.89. The van der Waals surface area contributed by atoms with E-state index in [1.54, 1.807) is 26.1 Å². The fourth-order valence-electron chi connectivity index (χ4n) is 3.03. The Hall–Kier alpha value is -2.44. The maximum absolute atomic E-state index is 11.7. The van der Waals surface area contributed by atoms with Gasteiger partial charge in [0.05, 0.1) is 12.2 Å². The number of carbonyl (C=O) groups excluding carboxylic acids is 1. The van der Waals surface area contributed by atoms with Crippen LogP contribution in [-0.4, -0.2) is 40.8 Å². The number of hydrogen-bond donors (Lipinski definition) is 0. The molecule has 128 valence electrons. The van der Waals surface area contributed by atoms with Gasteiger partial charge in [-0.2, -0.15) is 4.98 Å². The summed E-state index contributed by atoms with van der Waals surface area (Å²) in [6.07, 6.45) is 4.64. The molecular formula is C17H22N4O3. The third-order valence-corrected chi connectivity index (χ3v) is 4.14. The van der Waals surface area contributed by atoms with Crippen LogP contribution in [-0.2, 0) is 11.2 Å². The van der Waals surface area contributed by atoms with Crippen LogP contribution in [0.2, 0.25) is 0 Å². The van der Waals surface area contributed by atoms with E-state index in [2.05, 4.69) is 20.0 Å². The third-order valence-electron chi connectivity index (χ3n) is 4.14.